The third kappa shape index (κ3) is 4.89. The maximum absolute atomic E-state index is 13.3. The first-order chi connectivity index (χ1) is 14.1. The topological polar surface area (TPSA) is 54.7 Å². The Labute approximate surface area is 191 Å². The van der Waals surface area contributed by atoms with E-state index in [9.17, 15) is 9.59 Å². The van der Waals surface area contributed by atoms with Gasteiger partial charge in [-0.05, 0) is 35.8 Å². The average Bonchev–Trinajstić information content (AvgIpc) is 3.18. The molecule has 2 aliphatic heterocycles. The molecule has 0 aromatic heterocycles. The van der Waals surface area contributed by atoms with Crippen molar-refractivity contribution in [1.29, 1.82) is 0 Å². The molecule has 2 heterocycles. The van der Waals surface area contributed by atoms with Gasteiger partial charge in [0.05, 0.1) is 0 Å². The minimum Gasteiger partial charge on any atom is -0.662 e. The molecule has 6 heteroatoms. The van der Waals surface area contributed by atoms with Gasteiger partial charge in [-0.1, -0.05) is 49.2 Å². The van der Waals surface area contributed by atoms with E-state index < -0.39 is 0 Å². The van der Waals surface area contributed by atoms with E-state index >= 15 is 0 Å². The minimum atomic E-state index is -0.0342. The van der Waals surface area contributed by atoms with E-state index in [0.717, 1.165) is 54.9 Å². The summed E-state index contributed by atoms with van der Waals surface area (Å²) in [5.41, 5.74) is 3.94. The first kappa shape index (κ1) is 22.4. The van der Waals surface area contributed by atoms with Crippen molar-refractivity contribution in [1.82, 2.24) is 0 Å². The standard InChI is InChI=1S/C24H26N3O2.Re/c1-18(28)26-16-13-20-8-9-22(17-23(20)26)27(21-11-14-25-15-12-21)24(29)10-7-19-5-3-2-4-6-19;/h2-10,17,21H,11-16H2,1H3;/q-1;/b10-7+;. The smallest absolute Gasteiger partial charge is 0.251 e. The molecule has 2 aromatic carbocycles. The molecule has 0 spiro atoms. The third-order valence-electron chi connectivity index (χ3n) is 5.68. The van der Waals surface area contributed by atoms with Gasteiger partial charge < -0.3 is 15.1 Å². The molecule has 0 unspecified atom stereocenters. The van der Waals surface area contributed by atoms with Gasteiger partial charge in [-0.15, -0.1) is 13.1 Å². The van der Waals surface area contributed by atoms with Crippen LogP contribution in [0.3, 0.4) is 0 Å². The fraction of sp³-hybridized carbons (Fsp3) is 0.333. The van der Waals surface area contributed by atoms with Crippen LogP contribution in [0.2, 0.25) is 0 Å². The Morgan fingerprint density at radius 3 is 2.53 bits per heavy atom. The molecule has 5 nitrogen and oxygen atoms in total. The Bertz CT molecular complexity index is 923. The van der Waals surface area contributed by atoms with Crippen molar-refractivity contribution in [2.45, 2.75) is 32.2 Å². The number of anilines is 2. The van der Waals surface area contributed by atoms with Gasteiger partial charge in [-0.2, -0.15) is 0 Å². The van der Waals surface area contributed by atoms with Crippen molar-refractivity contribution >= 4 is 29.3 Å². The maximum Gasteiger partial charge on any atom is 0.251 e. The summed E-state index contributed by atoms with van der Waals surface area (Å²) in [6.45, 7) is 3.86. The van der Waals surface area contributed by atoms with Crippen LogP contribution >= 0.6 is 0 Å². The molecule has 0 N–H and O–H groups in total. The SMILES string of the molecule is CC(=O)N1CCc2ccc(N(C(=O)/C=C/c3ccccc3)C3CC[N-]CC3)cc21.[Re]. The van der Waals surface area contributed by atoms with Crippen LogP contribution < -0.4 is 9.80 Å². The molecule has 30 heavy (non-hydrogen) atoms. The molecule has 2 amide bonds. The monoisotopic (exact) mass is 575 g/mol. The summed E-state index contributed by atoms with van der Waals surface area (Å²) in [7, 11) is 0. The molecular formula is C24H26N3O2Re-. The summed E-state index contributed by atoms with van der Waals surface area (Å²) in [6.07, 6.45) is 6.09. The molecule has 2 aliphatic rings. The minimum absolute atomic E-state index is 0. The molecule has 4 rings (SSSR count). The largest absolute Gasteiger partial charge is 0.662 e. The summed E-state index contributed by atoms with van der Waals surface area (Å²) in [4.78, 5) is 29.0. The fourth-order valence-corrected chi connectivity index (χ4v) is 4.17. The van der Waals surface area contributed by atoms with Crippen molar-refractivity contribution in [3.05, 3.63) is 71.1 Å². The van der Waals surface area contributed by atoms with Gasteiger partial charge in [-0.3, -0.25) is 9.59 Å². The van der Waals surface area contributed by atoms with Crippen LogP contribution in [0.1, 0.15) is 30.9 Å². The number of rotatable bonds is 4. The number of hydrogen-bond acceptors (Lipinski definition) is 2. The maximum atomic E-state index is 13.3. The Morgan fingerprint density at radius 1 is 1.10 bits per heavy atom. The molecule has 0 atom stereocenters. The van der Waals surface area contributed by atoms with Crippen molar-refractivity contribution < 1.29 is 30.0 Å². The number of fused-ring (bicyclic) bond motifs is 1. The van der Waals surface area contributed by atoms with Gasteiger partial charge in [0.1, 0.15) is 0 Å². The van der Waals surface area contributed by atoms with Gasteiger partial charge >= 0.3 is 0 Å². The summed E-state index contributed by atoms with van der Waals surface area (Å²) in [6, 6.07) is 16.0. The average molecular weight is 575 g/mol. The van der Waals surface area contributed by atoms with Crippen molar-refractivity contribution in [2.24, 2.45) is 0 Å². The quantitative estimate of drug-likeness (QED) is 0.515. The molecule has 1 radical (unpaired) electrons. The zero-order valence-corrected chi connectivity index (χ0v) is 19.8. The van der Waals surface area contributed by atoms with Crippen LogP contribution in [-0.2, 0) is 36.4 Å². The summed E-state index contributed by atoms with van der Waals surface area (Å²) < 4.78 is 0. The molecule has 1 fully saturated rings. The number of hydrogen-bond donors (Lipinski definition) is 0. The van der Waals surface area contributed by atoms with E-state index in [2.05, 4.69) is 11.4 Å². The van der Waals surface area contributed by atoms with Crippen LogP contribution in [0, 0.1) is 0 Å². The summed E-state index contributed by atoms with van der Waals surface area (Å²) >= 11 is 0. The second kappa shape index (κ2) is 10.2. The number of nitrogens with zero attached hydrogens (tertiary/aromatic N) is 3. The van der Waals surface area contributed by atoms with Gasteiger partial charge in [-0.25, -0.2) is 0 Å². The van der Waals surface area contributed by atoms with Gasteiger partial charge in [0.25, 0.3) is 5.91 Å². The van der Waals surface area contributed by atoms with Crippen LogP contribution in [0.4, 0.5) is 11.4 Å². The number of piperidine rings is 1. The van der Waals surface area contributed by atoms with Crippen LogP contribution in [-0.4, -0.2) is 37.5 Å². The van der Waals surface area contributed by atoms with Crippen LogP contribution in [0.25, 0.3) is 11.4 Å². The van der Waals surface area contributed by atoms with E-state index in [-0.39, 0.29) is 38.3 Å². The Balaban J connectivity index is 0.00000256. The fourth-order valence-electron chi connectivity index (χ4n) is 4.17. The summed E-state index contributed by atoms with van der Waals surface area (Å²) in [5.74, 6) is 0.00675. The predicted octanol–water partition coefficient (Wildman–Crippen LogP) is 4.18. The molecule has 157 valence electrons. The number of carbonyl (C=O) groups is 2. The van der Waals surface area contributed by atoms with E-state index in [0.29, 0.717) is 6.54 Å². The molecule has 2 aromatic rings. The summed E-state index contributed by atoms with van der Waals surface area (Å²) in [5, 5.41) is 4.44. The van der Waals surface area contributed by atoms with Crippen LogP contribution in [0.15, 0.2) is 54.6 Å². The third-order valence-corrected chi connectivity index (χ3v) is 5.68. The van der Waals surface area contributed by atoms with Gasteiger partial charge in [0.15, 0.2) is 0 Å². The number of amides is 2. The molecule has 0 bridgehead atoms. The van der Waals surface area contributed by atoms with E-state index in [4.69, 9.17) is 0 Å². The molecule has 0 saturated carbocycles. The van der Waals surface area contributed by atoms with E-state index in [1.807, 2.05) is 53.4 Å². The van der Waals surface area contributed by atoms with Gasteiger partial charge in [0.2, 0.25) is 5.91 Å². The predicted molar refractivity (Wildman–Crippen MR) is 117 cm³/mol. The first-order valence-corrected chi connectivity index (χ1v) is 10.2. The van der Waals surface area contributed by atoms with E-state index in [1.165, 1.54) is 0 Å². The molecular weight excluding hydrogens is 548 g/mol. The number of benzene rings is 2. The van der Waals surface area contributed by atoms with E-state index in [1.54, 1.807) is 17.9 Å². The Kier molecular flexibility index (Phi) is 7.60. The van der Waals surface area contributed by atoms with Crippen molar-refractivity contribution in [3.63, 3.8) is 0 Å². The molecule has 0 aliphatic carbocycles. The second-order valence-electron chi connectivity index (χ2n) is 7.59. The Morgan fingerprint density at radius 2 is 1.83 bits per heavy atom. The zero-order valence-electron chi connectivity index (χ0n) is 17.1. The Hall–Kier alpha value is -2.26. The first-order valence-electron chi connectivity index (χ1n) is 10.2. The zero-order chi connectivity index (χ0) is 20.2. The van der Waals surface area contributed by atoms with Crippen molar-refractivity contribution in [3.8, 4) is 0 Å². The van der Waals surface area contributed by atoms with Crippen LogP contribution in [0.5, 0.6) is 0 Å². The number of carbonyl (C=O) groups excluding carboxylic acids is 2. The molecule has 1 saturated heterocycles. The van der Waals surface area contributed by atoms with Gasteiger partial charge in [0, 0.05) is 57.4 Å². The normalized spacial score (nSPS) is 16.2. The van der Waals surface area contributed by atoms with Crippen molar-refractivity contribution in [2.75, 3.05) is 29.4 Å². The second-order valence-corrected chi connectivity index (χ2v) is 7.59.